The van der Waals surface area contributed by atoms with Gasteiger partial charge in [-0.05, 0) is 18.1 Å². The van der Waals surface area contributed by atoms with Crippen LogP contribution in [0.2, 0.25) is 0 Å². The van der Waals surface area contributed by atoms with E-state index in [1.54, 1.807) is 18.2 Å². The Morgan fingerprint density at radius 1 is 1.28 bits per heavy atom. The highest BCUT2D eigenvalue weighted by Gasteiger charge is 2.09. The Kier molecular flexibility index (Phi) is 6.05. The molecule has 0 bridgehead atoms. The van der Waals surface area contributed by atoms with Crippen molar-refractivity contribution in [2.45, 2.75) is 26.7 Å². The zero-order chi connectivity index (χ0) is 13.4. The fourth-order valence-electron chi connectivity index (χ4n) is 1.53. The lowest BCUT2D eigenvalue weighted by Gasteiger charge is -2.13. The lowest BCUT2D eigenvalue weighted by Crippen LogP contribution is -2.19. The average molecular weight is 251 g/mol. The Morgan fingerprint density at radius 2 is 1.94 bits per heavy atom. The molecule has 4 heteroatoms. The van der Waals surface area contributed by atoms with Crippen LogP contribution in [0.4, 0.5) is 5.69 Å². The number of carbonyl (C=O) groups excluding carboxylic acids is 1. The molecule has 0 aliphatic carbocycles. The van der Waals surface area contributed by atoms with E-state index in [-0.39, 0.29) is 12.6 Å². The molecule has 0 aromatic heterocycles. The number of nitrogens with two attached hydrogens (primary N) is 1. The van der Waals surface area contributed by atoms with Crippen molar-refractivity contribution in [3.8, 4) is 5.75 Å². The van der Waals surface area contributed by atoms with Crippen LogP contribution in [0.15, 0.2) is 24.3 Å². The first-order valence-electron chi connectivity index (χ1n) is 6.30. The van der Waals surface area contributed by atoms with Crippen LogP contribution in [0.5, 0.6) is 5.75 Å². The van der Waals surface area contributed by atoms with Crippen molar-refractivity contribution in [1.82, 2.24) is 0 Å². The molecule has 1 aromatic rings. The summed E-state index contributed by atoms with van der Waals surface area (Å²) in [5.41, 5.74) is 6.21. The zero-order valence-electron chi connectivity index (χ0n) is 11.0. The first-order chi connectivity index (χ1) is 8.67. The van der Waals surface area contributed by atoms with Crippen molar-refractivity contribution in [1.29, 1.82) is 0 Å². The van der Waals surface area contributed by atoms with Crippen LogP contribution in [0, 0.1) is 5.92 Å². The molecule has 0 spiro atoms. The van der Waals surface area contributed by atoms with Gasteiger partial charge in [-0.25, -0.2) is 4.79 Å². The Balaban J connectivity index is 2.31. The van der Waals surface area contributed by atoms with Crippen LogP contribution in [-0.2, 0) is 9.53 Å². The number of nitrogen functional groups attached to an aromatic ring is 1. The zero-order valence-corrected chi connectivity index (χ0v) is 11.0. The minimum absolute atomic E-state index is 0.103. The molecule has 1 aromatic carbocycles. The van der Waals surface area contributed by atoms with Gasteiger partial charge in [-0.1, -0.05) is 38.8 Å². The molecular formula is C14H21NO3. The molecule has 0 aliphatic rings. The average Bonchev–Trinajstić information content (AvgIpc) is 2.39. The van der Waals surface area contributed by atoms with Crippen LogP contribution in [0.1, 0.15) is 26.7 Å². The number of anilines is 1. The molecule has 0 atom stereocenters. The van der Waals surface area contributed by atoms with E-state index in [1.807, 2.05) is 6.07 Å². The van der Waals surface area contributed by atoms with Gasteiger partial charge in [0.2, 0.25) is 0 Å². The summed E-state index contributed by atoms with van der Waals surface area (Å²) in [4.78, 5) is 11.5. The molecule has 0 radical (unpaired) electrons. The maximum Gasteiger partial charge on any atom is 0.344 e. The monoisotopic (exact) mass is 251 g/mol. The van der Waals surface area contributed by atoms with Crippen LogP contribution < -0.4 is 10.5 Å². The van der Waals surface area contributed by atoms with Crippen LogP contribution in [0.3, 0.4) is 0 Å². The van der Waals surface area contributed by atoms with Gasteiger partial charge in [0.1, 0.15) is 5.75 Å². The molecule has 0 saturated carbocycles. The summed E-state index contributed by atoms with van der Waals surface area (Å²) in [6.07, 6.45) is 2.02. The Morgan fingerprint density at radius 3 is 2.56 bits per heavy atom. The van der Waals surface area contributed by atoms with Crippen molar-refractivity contribution in [2.75, 3.05) is 18.9 Å². The third kappa shape index (κ3) is 4.65. The molecule has 2 N–H and O–H groups in total. The van der Waals surface area contributed by atoms with Gasteiger partial charge in [0.25, 0.3) is 0 Å². The predicted molar refractivity (Wildman–Crippen MR) is 71.4 cm³/mol. The minimum Gasteiger partial charge on any atom is -0.480 e. The van der Waals surface area contributed by atoms with E-state index in [4.69, 9.17) is 15.2 Å². The molecule has 0 saturated heterocycles. The highest BCUT2D eigenvalue weighted by Crippen LogP contribution is 2.19. The van der Waals surface area contributed by atoms with Crippen molar-refractivity contribution >= 4 is 11.7 Å². The molecule has 1 rings (SSSR count). The first-order valence-corrected chi connectivity index (χ1v) is 6.30. The topological polar surface area (TPSA) is 61.5 Å². The van der Waals surface area contributed by atoms with Gasteiger partial charge in [-0.15, -0.1) is 0 Å². The van der Waals surface area contributed by atoms with Gasteiger partial charge < -0.3 is 15.2 Å². The van der Waals surface area contributed by atoms with Crippen molar-refractivity contribution in [3.05, 3.63) is 24.3 Å². The van der Waals surface area contributed by atoms with Gasteiger partial charge in [-0.3, -0.25) is 0 Å². The summed E-state index contributed by atoms with van der Waals surface area (Å²) in [5.74, 6) is 0.581. The van der Waals surface area contributed by atoms with E-state index in [9.17, 15) is 4.79 Å². The maximum absolute atomic E-state index is 11.5. The Labute approximate surface area is 108 Å². The highest BCUT2D eigenvalue weighted by atomic mass is 16.6. The molecule has 100 valence electrons. The van der Waals surface area contributed by atoms with Crippen LogP contribution in [-0.4, -0.2) is 19.2 Å². The number of esters is 1. The van der Waals surface area contributed by atoms with E-state index < -0.39 is 0 Å². The number of ether oxygens (including phenoxy) is 2. The van der Waals surface area contributed by atoms with Gasteiger partial charge in [0.15, 0.2) is 6.61 Å². The highest BCUT2D eigenvalue weighted by molar-refractivity contribution is 5.71. The third-order valence-corrected chi connectivity index (χ3v) is 2.90. The SMILES string of the molecule is CCC(CC)COC(=O)COc1ccccc1N. The smallest absolute Gasteiger partial charge is 0.344 e. The van der Waals surface area contributed by atoms with E-state index in [0.29, 0.717) is 24.0 Å². The fourth-order valence-corrected chi connectivity index (χ4v) is 1.53. The molecule has 0 fully saturated rings. The van der Waals surface area contributed by atoms with Crippen molar-refractivity contribution in [3.63, 3.8) is 0 Å². The fraction of sp³-hybridized carbons (Fsp3) is 0.500. The van der Waals surface area contributed by atoms with E-state index >= 15 is 0 Å². The van der Waals surface area contributed by atoms with Gasteiger partial charge in [0.05, 0.1) is 12.3 Å². The molecule has 18 heavy (non-hydrogen) atoms. The van der Waals surface area contributed by atoms with Gasteiger partial charge in [0, 0.05) is 0 Å². The third-order valence-electron chi connectivity index (χ3n) is 2.90. The summed E-state index contributed by atoms with van der Waals surface area (Å²) < 4.78 is 10.4. The van der Waals surface area contributed by atoms with E-state index in [2.05, 4.69) is 13.8 Å². The maximum atomic E-state index is 11.5. The second-order valence-corrected chi connectivity index (χ2v) is 4.19. The van der Waals surface area contributed by atoms with Crippen molar-refractivity contribution < 1.29 is 14.3 Å². The lowest BCUT2D eigenvalue weighted by molar-refractivity contribution is -0.147. The van der Waals surface area contributed by atoms with Crippen molar-refractivity contribution in [2.24, 2.45) is 5.92 Å². The Bertz CT molecular complexity index is 375. The molecule has 4 nitrogen and oxygen atoms in total. The standard InChI is InChI=1S/C14H21NO3/c1-3-11(4-2)9-18-14(16)10-17-13-8-6-5-7-12(13)15/h5-8,11H,3-4,9-10,15H2,1-2H3. The predicted octanol–water partition coefficient (Wildman–Crippen LogP) is 2.63. The summed E-state index contributed by atoms with van der Waals surface area (Å²) >= 11 is 0. The number of carbonyl (C=O) groups is 1. The second kappa shape index (κ2) is 7.58. The molecule has 0 unspecified atom stereocenters. The summed E-state index contributed by atoms with van der Waals surface area (Å²) in [6.45, 7) is 4.53. The number of rotatable bonds is 7. The summed E-state index contributed by atoms with van der Waals surface area (Å²) in [7, 11) is 0. The van der Waals surface area contributed by atoms with Gasteiger partial charge >= 0.3 is 5.97 Å². The minimum atomic E-state index is -0.356. The Hall–Kier alpha value is -1.71. The quantitative estimate of drug-likeness (QED) is 0.597. The molecule has 0 heterocycles. The number of hydrogen-bond donors (Lipinski definition) is 1. The van der Waals surface area contributed by atoms with E-state index in [0.717, 1.165) is 12.8 Å². The second-order valence-electron chi connectivity index (χ2n) is 4.19. The van der Waals surface area contributed by atoms with Crippen LogP contribution >= 0.6 is 0 Å². The summed E-state index contributed by atoms with van der Waals surface area (Å²) in [6, 6.07) is 7.07. The van der Waals surface area contributed by atoms with Gasteiger partial charge in [-0.2, -0.15) is 0 Å². The largest absolute Gasteiger partial charge is 0.480 e. The number of hydrogen-bond acceptors (Lipinski definition) is 4. The number of benzene rings is 1. The lowest BCUT2D eigenvalue weighted by atomic mass is 10.1. The molecular weight excluding hydrogens is 230 g/mol. The number of para-hydroxylation sites is 2. The summed E-state index contributed by atoms with van der Waals surface area (Å²) in [5, 5.41) is 0. The van der Waals surface area contributed by atoms with E-state index in [1.165, 1.54) is 0 Å². The molecule has 0 aliphatic heterocycles. The van der Waals surface area contributed by atoms with Crippen LogP contribution in [0.25, 0.3) is 0 Å². The normalized spacial score (nSPS) is 10.4. The molecule has 0 amide bonds. The first kappa shape index (κ1) is 14.4.